The van der Waals surface area contributed by atoms with Crippen LogP contribution in [0.5, 0.6) is 0 Å². The van der Waals surface area contributed by atoms with Gasteiger partial charge in [0.2, 0.25) is 5.89 Å². The molecular formula is C21H21N3O5. The summed E-state index contributed by atoms with van der Waals surface area (Å²) >= 11 is 0. The van der Waals surface area contributed by atoms with Crippen molar-refractivity contribution in [2.75, 3.05) is 0 Å². The first-order valence-corrected chi connectivity index (χ1v) is 9.21. The zero-order chi connectivity index (χ0) is 21.0. The van der Waals surface area contributed by atoms with E-state index < -0.39 is 17.0 Å². The van der Waals surface area contributed by atoms with E-state index >= 15 is 0 Å². The molecule has 150 valence electrons. The Morgan fingerprint density at radius 3 is 2.31 bits per heavy atom. The number of nitrogens with zero attached hydrogens (tertiary/aromatic N) is 3. The Morgan fingerprint density at radius 1 is 1.07 bits per heavy atom. The summed E-state index contributed by atoms with van der Waals surface area (Å²) in [4.78, 5) is 22.6. The topological polar surface area (TPSA) is 108 Å². The molecule has 0 aliphatic heterocycles. The highest BCUT2D eigenvalue weighted by Gasteiger charge is 2.20. The summed E-state index contributed by atoms with van der Waals surface area (Å²) in [5, 5.41) is 18.6. The fourth-order valence-corrected chi connectivity index (χ4v) is 2.77. The minimum Gasteiger partial charge on any atom is -0.449 e. The molecule has 2 aromatic carbocycles. The number of nitro benzene ring substituents is 1. The standard InChI is InChI=1S/C21H21N3O5/c1-13(2)12-15-4-6-17(7-5-15)21(25)28-14(3)19-22-23-20(29-19)16-8-10-18(11-9-16)24(26)27/h4-11,13-14H,12H2,1-3H3/t14-/m0/s1. The smallest absolute Gasteiger partial charge is 0.338 e. The van der Waals surface area contributed by atoms with Gasteiger partial charge in [0.1, 0.15) is 0 Å². The van der Waals surface area contributed by atoms with Gasteiger partial charge in [-0.25, -0.2) is 4.79 Å². The molecule has 0 aliphatic rings. The Bertz CT molecular complexity index is 994. The average molecular weight is 395 g/mol. The zero-order valence-electron chi connectivity index (χ0n) is 16.4. The fourth-order valence-electron chi connectivity index (χ4n) is 2.77. The predicted octanol–water partition coefficient (Wildman–Crippen LogP) is 4.76. The number of nitro groups is 1. The number of hydrogen-bond acceptors (Lipinski definition) is 7. The number of aromatic nitrogens is 2. The summed E-state index contributed by atoms with van der Waals surface area (Å²) in [6, 6.07) is 13.1. The van der Waals surface area contributed by atoms with E-state index in [1.165, 1.54) is 24.3 Å². The van der Waals surface area contributed by atoms with Gasteiger partial charge in [0.05, 0.1) is 10.5 Å². The molecule has 1 atom stereocenters. The van der Waals surface area contributed by atoms with Crippen molar-refractivity contribution < 1.29 is 18.9 Å². The van der Waals surface area contributed by atoms with Gasteiger partial charge in [-0.15, -0.1) is 10.2 Å². The Balaban J connectivity index is 1.65. The van der Waals surface area contributed by atoms with Gasteiger partial charge in [0, 0.05) is 17.7 Å². The lowest BCUT2D eigenvalue weighted by Gasteiger charge is -2.10. The largest absolute Gasteiger partial charge is 0.449 e. The van der Waals surface area contributed by atoms with Crippen LogP contribution in [0, 0.1) is 16.0 Å². The minimum absolute atomic E-state index is 0.0322. The Hall–Kier alpha value is -3.55. The van der Waals surface area contributed by atoms with Crippen molar-refractivity contribution in [3.05, 3.63) is 75.7 Å². The number of benzene rings is 2. The number of carbonyl (C=O) groups excluding carboxylic acids is 1. The first-order chi connectivity index (χ1) is 13.8. The highest BCUT2D eigenvalue weighted by molar-refractivity contribution is 5.89. The van der Waals surface area contributed by atoms with Crippen LogP contribution in [-0.2, 0) is 11.2 Å². The van der Waals surface area contributed by atoms with Gasteiger partial charge >= 0.3 is 5.97 Å². The van der Waals surface area contributed by atoms with E-state index in [4.69, 9.17) is 9.15 Å². The second-order valence-electron chi connectivity index (χ2n) is 7.09. The summed E-state index contributed by atoms with van der Waals surface area (Å²) in [5.74, 6) is 0.387. The molecule has 3 aromatic rings. The van der Waals surface area contributed by atoms with Crippen LogP contribution in [0.3, 0.4) is 0 Å². The quantitative estimate of drug-likeness (QED) is 0.322. The highest BCUT2D eigenvalue weighted by atomic mass is 16.6. The molecule has 8 nitrogen and oxygen atoms in total. The van der Waals surface area contributed by atoms with Crippen LogP contribution in [0.25, 0.3) is 11.5 Å². The van der Waals surface area contributed by atoms with Crippen LogP contribution in [0.1, 0.15) is 48.7 Å². The number of non-ortho nitro benzene ring substituents is 1. The summed E-state index contributed by atoms with van der Waals surface area (Å²) in [7, 11) is 0. The first-order valence-electron chi connectivity index (χ1n) is 9.21. The third-order valence-electron chi connectivity index (χ3n) is 4.23. The van der Waals surface area contributed by atoms with Crippen molar-refractivity contribution in [1.29, 1.82) is 0 Å². The summed E-state index contributed by atoms with van der Waals surface area (Å²) in [5.41, 5.74) is 2.11. The molecular weight excluding hydrogens is 374 g/mol. The maximum Gasteiger partial charge on any atom is 0.338 e. The van der Waals surface area contributed by atoms with E-state index in [1.54, 1.807) is 19.1 Å². The Morgan fingerprint density at radius 2 is 1.72 bits per heavy atom. The van der Waals surface area contributed by atoms with Crippen LogP contribution in [-0.4, -0.2) is 21.1 Å². The molecule has 0 N–H and O–H groups in total. The molecule has 0 fully saturated rings. The van der Waals surface area contributed by atoms with Crippen molar-refractivity contribution in [3.63, 3.8) is 0 Å². The lowest BCUT2D eigenvalue weighted by molar-refractivity contribution is -0.384. The molecule has 0 amide bonds. The van der Waals surface area contributed by atoms with Gasteiger partial charge in [0.25, 0.3) is 11.6 Å². The molecule has 0 saturated heterocycles. The van der Waals surface area contributed by atoms with Crippen LogP contribution in [0.2, 0.25) is 0 Å². The molecule has 0 bridgehead atoms. The molecule has 0 unspecified atom stereocenters. The van der Waals surface area contributed by atoms with Crippen LogP contribution < -0.4 is 0 Å². The number of ether oxygens (including phenoxy) is 1. The average Bonchev–Trinajstić information content (AvgIpc) is 3.18. The molecule has 0 aliphatic carbocycles. The third-order valence-corrected chi connectivity index (χ3v) is 4.23. The molecule has 8 heteroatoms. The Kier molecular flexibility index (Phi) is 6.01. The van der Waals surface area contributed by atoms with Gasteiger partial charge in [-0.1, -0.05) is 26.0 Å². The van der Waals surface area contributed by atoms with Crippen LogP contribution in [0.15, 0.2) is 52.9 Å². The molecule has 0 spiro atoms. The normalized spacial score (nSPS) is 12.0. The molecule has 3 rings (SSSR count). The lowest BCUT2D eigenvalue weighted by Crippen LogP contribution is -2.09. The van der Waals surface area contributed by atoms with Gasteiger partial charge in [-0.2, -0.15) is 0 Å². The van der Waals surface area contributed by atoms with Gasteiger partial charge in [-0.05, 0) is 49.1 Å². The second kappa shape index (κ2) is 8.64. The fraction of sp³-hybridized carbons (Fsp3) is 0.286. The van der Waals surface area contributed by atoms with Crippen molar-refractivity contribution in [2.45, 2.75) is 33.3 Å². The Labute approximate surface area is 167 Å². The maximum absolute atomic E-state index is 12.4. The maximum atomic E-state index is 12.4. The molecule has 1 aromatic heterocycles. The van der Waals surface area contributed by atoms with E-state index in [0.717, 1.165) is 12.0 Å². The van der Waals surface area contributed by atoms with E-state index in [-0.39, 0.29) is 17.5 Å². The second-order valence-corrected chi connectivity index (χ2v) is 7.09. The summed E-state index contributed by atoms with van der Waals surface area (Å²) < 4.78 is 11.0. The molecule has 1 heterocycles. The monoisotopic (exact) mass is 395 g/mol. The molecule has 29 heavy (non-hydrogen) atoms. The van der Waals surface area contributed by atoms with Crippen LogP contribution >= 0.6 is 0 Å². The van der Waals surface area contributed by atoms with E-state index in [9.17, 15) is 14.9 Å². The van der Waals surface area contributed by atoms with Gasteiger partial charge in [0.15, 0.2) is 6.10 Å². The summed E-state index contributed by atoms with van der Waals surface area (Å²) in [6.45, 7) is 5.91. The SMILES string of the molecule is CC(C)Cc1ccc(C(=O)O[C@@H](C)c2nnc(-c3ccc([N+](=O)[O-])cc3)o2)cc1. The van der Waals surface area contributed by atoms with Gasteiger partial charge < -0.3 is 9.15 Å². The lowest BCUT2D eigenvalue weighted by atomic mass is 10.0. The van der Waals surface area contributed by atoms with Crippen molar-refractivity contribution in [2.24, 2.45) is 5.92 Å². The van der Waals surface area contributed by atoms with Crippen molar-refractivity contribution in [1.82, 2.24) is 10.2 Å². The first kappa shape index (κ1) is 20.2. The minimum atomic E-state index is -0.739. The van der Waals surface area contributed by atoms with Crippen molar-refractivity contribution in [3.8, 4) is 11.5 Å². The number of carbonyl (C=O) groups is 1. The number of esters is 1. The third kappa shape index (κ3) is 5.04. The summed E-state index contributed by atoms with van der Waals surface area (Å²) in [6.07, 6.45) is 0.205. The van der Waals surface area contributed by atoms with E-state index in [0.29, 0.717) is 17.0 Å². The van der Waals surface area contributed by atoms with Gasteiger partial charge in [-0.3, -0.25) is 10.1 Å². The van der Waals surface area contributed by atoms with E-state index in [1.807, 2.05) is 12.1 Å². The highest BCUT2D eigenvalue weighted by Crippen LogP contribution is 2.25. The van der Waals surface area contributed by atoms with Crippen molar-refractivity contribution >= 4 is 11.7 Å². The number of hydrogen-bond donors (Lipinski definition) is 0. The predicted molar refractivity (Wildman–Crippen MR) is 105 cm³/mol. The molecule has 0 radical (unpaired) electrons. The van der Waals surface area contributed by atoms with E-state index in [2.05, 4.69) is 24.0 Å². The molecule has 0 saturated carbocycles. The van der Waals surface area contributed by atoms with Crippen LogP contribution in [0.4, 0.5) is 5.69 Å². The number of rotatable bonds is 7. The zero-order valence-corrected chi connectivity index (χ0v) is 16.4.